The van der Waals surface area contributed by atoms with Gasteiger partial charge in [0.25, 0.3) is 0 Å². The quantitative estimate of drug-likeness (QED) is 0.360. The molecule has 1 aliphatic rings. The molecule has 0 amide bonds. The lowest BCUT2D eigenvalue weighted by Gasteiger charge is -2.34. The van der Waals surface area contributed by atoms with Gasteiger partial charge in [0.05, 0.1) is 0 Å². The summed E-state index contributed by atoms with van der Waals surface area (Å²) in [4.78, 5) is 0. The Labute approximate surface area is 174 Å². The zero-order valence-corrected chi connectivity index (χ0v) is 16.4. The van der Waals surface area contributed by atoms with Crippen molar-refractivity contribution < 1.29 is 29.9 Å². The molecule has 0 aromatic heterocycles. The van der Waals surface area contributed by atoms with E-state index in [1.807, 2.05) is 18.2 Å². The Morgan fingerprint density at radius 3 is 2.43 bits per heavy atom. The van der Waals surface area contributed by atoms with Crippen molar-refractivity contribution in [1.82, 2.24) is 0 Å². The number of phenolic OH excluding ortho intramolecular Hbond substituents is 4. The van der Waals surface area contributed by atoms with Crippen molar-refractivity contribution in [3.05, 3.63) is 77.4 Å². The maximum atomic E-state index is 10.2. The van der Waals surface area contributed by atoms with Gasteiger partial charge in [-0.3, -0.25) is 0 Å². The van der Waals surface area contributed by atoms with Crippen LogP contribution >= 0.6 is 0 Å². The molecule has 0 aliphatic carbocycles. The van der Waals surface area contributed by atoms with Gasteiger partial charge in [-0.25, -0.2) is 0 Å². The van der Waals surface area contributed by atoms with Gasteiger partial charge in [-0.05, 0) is 36.1 Å². The molecule has 3 aromatic carbocycles. The van der Waals surface area contributed by atoms with Crippen LogP contribution in [0.25, 0.3) is 0 Å². The van der Waals surface area contributed by atoms with Crippen molar-refractivity contribution in [2.75, 3.05) is 6.61 Å². The highest BCUT2D eigenvalue weighted by Gasteiger charge is 2.34. The summed E-state index contributed by atoms with van der Waals surface area (Å²) in [7, 11) is 0. The number of benzene rings is 3. The first kappa shape index (κ1) is 19.9. The van der Waals surface area contributed by atoms with Crippen molar-refractivity contribution in [3.8, 4) is 28.7 Å². The van der Waals surface area contributed by atoms with Crippen molar-refractivity contribution in [2.24, 2.45) is 0 Å². The van der Waals surface area contributed by atoms with Gasteiger partial charge in [0.1, 0.15) is 23.4 Å². The number of hydrogen-bond acceptors (Lipinski definition) is 6. The summed E-state index contributed by atoms with van der Waals surface area (Å²) in [5.41, 5.74) is 2.44. The molecule has 6 nitrogen and oxygen atoms in total. The molecule has 0 spiro atoms. The fraction of sp³-hybridized carbons (Fsp3) is 0.250. The van der Waals surface area contributed by atoms with Gasteiger partial charge in [0, 0.05) is 30.7 Å². The van der Waals surface area contributed by atoms with Gasteiger partial charge >= 0.3 is 0 Å². The molecule has 0 bridgehead atoms. The van der Waals surface area contributed by atoms with E-state index in [-0.39, 0.29) is 23.0 Å². The summed E-state index contributed by atoms with van der Waals surface area (Å²) >= 11 is 0. The fourth-order valence-electron chi connectivity index (χ4n) is 3.75. The first-order valence-corrected chi connectivity index (χ1v) is 9.90. The van der Waals surface area contributed by atoms with Gasteiger partial charge in [-0.2, -0.15) is 0 Å². The summed E-state index contributed by atoms with van der Waals surface area (Å²) in [6, 6.07) is 17.4. The molecule has 30 heavy (non-hydrogen) atoms. The van der Waals surface area contributed by atoms with Gasteiger partial charge < -0.3 is 29.9 Å². The van der Waals surface area contributed by atoms with Crippen molar-refractivity contribution >= 4 is 0 Å². The van der Waals surface area contributed by atoms with Crippen LogP contribution in [0, 0.1) is 0 Å². The highest BCUT2D eigenvalue weighted by atomic mass is 16.5. The third-order valence-corrected chi connectivity index (χ3v) is 5.28. The number of fused-ring (bicyclic) bond motifs is 1. The van der Waals surface area contributed by atoms with E-state index in [2.05, 4.69) is 12.1 Å². The average molecular weight is 408 g/mol. The molecule has 0 fully saturated rings. The molecule has 2 atom stereocenters. The van der Waals surface area contributed by atoms with Crippen molar-refractivity contribution in [2.45, 2.75) is 31.5 Å². The monoisotopic (exact) mass is 408 g/mol. The Morgan fingerprint density at radius 2 is 1.67 bits per heavy atom. The van der Waals surface area contributed by atoms with Gasteiger partial charge in [-0.1, -0.05) is 36.4 Å². The lowest BCUT2D eigenvalue weighted by molar-refractivity contribution is -0.0388. The average Bonchev–Trinajstić information content (AvgIpc) is 2.73. The van der Waals surface area contributed by atoms with E-state index in [0.717, 1.165) is 12.8 Å². The molecule has 4 N–H and O–H groups in total. The number of aryl methyl sites for hydroxylation is 1. The topological polar surface area (TPSA) is 99.4 Å². The third kappa shape index (κ3) is 4.28. The van der Waals surface area contributed by atoms with E-state index in [0.29, 0.717) is 29.9 Å². The van der Waals surface area contributed by atoms with Crippen LogP contribution in [0.4, 0.5) is 0 Å². The van der Waals surface area contributed by atoms with Crippen LogP contribution in [-0.2, 0) is 17.6 Å². The molecule has 156 valence electrons. The van der Waals surface area contributed by atoms with E-state index in [4.69, 9.17) is 9.47 Å². The van der Waals surface area contributed by atoms with E-state index in [1.54, 1.807) is 6.07 Å². The Hall–Kier alpha value is -3.38. The van der Waals surface area contributed by atoms with Crippen LogP contribution < -0.4 is 4.74 Å². The fourth-order valence-corrected chi connectivity index (χ4v) is 3.75. The van der Waals surface area contributed by atoms with Crippen molar-refractivity contribution in [1.29, 1.82) is 0 Å². The van der Waals surface area contributed by atoms with Crippen LogP contribution in [0.5, 0.6) is 28.7 Å². The molecule has 2 unspecified atom stereocenters. The van der Waals surface area contributed by atoms with Crippen molar-refractivity contribution in [3.63, 3.8) is 0 Å². The number of phenols is 4. The normalized spacial score (nSPS) is 17.9. The third-order valence-electron chi connectivity index (χ3n) is 5.28. The second kappa shape index (κ2) is 8.55. The number of ether oxygens (including phenoxy) is 2. The standard InChI is InChI=1S/C24H24O6/c25-17-12-20(27)18-14-23(29-10-4-7-15-5-2-1-3-6-15)24(30-22(18)13-17)16-8-9-19(26)21(28)11-16/h1-3,5-6,8-9,11-13,23-28H,4,7,10,14H2. The molecule has 3 aromatic rings. The zero-order valence-electron chi connectivity index (χ0n) is 16.4. The predicted octanol–water partition coefficient (Wildman–Crippen LogP) is 4.20. The number of rotatable bonds is 6. The minimum absolute atomic E-state index is 0.0464. The van der Waals surface area contributed by atoms with Gasteiger partial charge in [0.15, 0.2) is 17.6 Å². The summed E-state index contributed by atoms with van der Waals surface area (Å²) < 4.78 is 12.2. The zero-order chi connectivity index (χ0) is 21.1. The summed E-state index contributed by atoms with van der Waals surface area (Å²) in [6.07, 6.45) is 1.12. The maximum absolute atomic E-state index is 10.2. The minimum Gasteiger partial charge on any atom is -0.508 e. The molecule has 6 heteroatoms. The van der Waals surface area contributed by atoms with Crippen LogP contribution in [0.2, 0.25) is 0 Å². The molecule has 0 radical (unpaired) electrons. The van der Waals surface area contributed by atoms with Crippen LogP contribution in [-0.4, -0.2) is 33.1 Å². The molecule has 1 aliphatic heterocycles. The Balaban J connectivity index is 1.53. The lowest BCUT2D eigenvalue weighted by Crippen LogP contribution is -2.33. The second-order valence-electron chi connectivity index (χ2n) is 7.43. The Bertz CT molecular complexity index is 1020. The van der Waals surface area contributed by atoms with E-state index in [1.165, 1.54) is 29.8 Å². The summed E-state index contributed by atoms with van der Waals surface area (Å²) in [5.74, 6) is -0.237. The van der Waals surface area contributed by atoms with E-state index in [9.17, 15) is 20.4 Å². The maximum Gasteiger partial charge on any atom is 0.157 e. The molecule has 1 heterocycles. The largest absolute Gasteiger partial charge is 0.508 e. The highest BCUT2D eigenvalue weighted by Crippen LogP contribution is 2.43. The second-order valence-corrected chi connectivity index (χ2v) is 7.43. The first-order valence-electron chi connectivity index (χ1n) is 9.90. The lowest BCUT2D eigenvalue weighted by atomic mass is 9.93. The predicted molar refractivity (Wildman–Crippen MR) is 111 cm³/mol. The molecule has 0 saturated carbocycles. The van der Waals surface area contributed by atoms with Gasteiger partial charge in [-0.15, -0.1) is 0 Å². The van der Waals surface area contributed by atoms with Crippen LogP contribution in [0.1, 0.15) is 29.2 Å². The van der Waals surface area contributed by atoms with Crippen LogP contribution in [0.15, 0.2) is 60.7 Å². The molecular weight excluding hydrogens is 384 g/mol. The molecular formula is C24H24O6. The Morgan fingerprint density at radius 1 is 0.867 bits per heavy atom. The smallest absolute Gasteiger partial charge is 0.157 e. The minimum atomic E-state index is -0.568. The SMILES string of the molecule is Oc1cc(O)c2c(c1)OC(c1ccc(O)c(O)c1)C(OCCCc1ccccc1)C2. The van der Waals surface area contributed by atoms with Gasteiger partial charge in [0.2, 0.25) is 0 Å². The van der Waals surface area contributed by atoms with E-state index < -0.39 is 12.2 Å². The first-order chi connectivity index (χ1) is 14.5. The number of aromatic hydroxyl groups is 4. The Kier molecular flexibility index (Phi) is 5.68. The number of hydrogen-bond donors (Lipinski definition) is 4. The summed E-state index contributed by atoms with van der Waals surface area (Å²) in [6.45, 7) is 0.498. The highest BCUT2D eigenvalue weighted by molar-refractivity contribution is 5.52. The van der Waals surface area contributed by atoms with Crippen LogP contribution in [0.3, 0.4) is 0 Å². The molecule has 0 saturated heterocycles. The summed E-state index contributed by atoms with van der Waals surface area (Å²) in [5, 5.41) is 39.6. The van der Waals surface area contributed by atoms with E-state index >= 15 is 0 Å². The molecule has 4 rings (SSSR count).